The molecular weight excluding hydrogens is 346 g/mol. The predicted octanol–water partition coefficient (Wildman–Crippen LogP) is 5.79. The normalized spacial score (nSPS) is 11.9. The highest BCUT2D eigenvalue weighted by Gasteiger charge is 2.29. The predicted molar refractivity (Wildman–Crippen MR) is 114 cm³/mol. The van der Waals surface area contributed by atoms with E-state index in [4.69, 9.17) is 0 Å². The lowest BCUT2D eigenvalue weighted by Gasteiger charge is -2.30. The standard InChI is InChI=1S/C24H25N3O/c1-5-24(3,4)23-16(2)21(28)15-20(22(23)17-11-7-6-8-12-17)27-25-18-13-9-10-14-19(18)26-27/h6-15,28H,5H2,1-4H3. The number of phenols is 1. The van der Waals surface area contributed by atoms with E-state index in [2.05, 4.69) is 43.1 Å². The van der Waals surface area contributed by atoms with Gasteiger partial charge in [0.2, 0.25) is 0 Å². The minimum absolute atomic E-state index is 0.116. The minimum atomic E-state index is -0.116. The van der Waals surface area contributed by atoms with Crippen molar-refractivity contribution in [1.82, 2.24) is 15.0 Å². The highest BCUT2D eigenvalue weighted by molar-refractivity contribution is 5.81. The lowest BCUT2D eigenvalue weighted by atomic mass is 9.75. The Balaban J connectivity index is 2.11. The van der Waals surface area contributed by atoms with E-state index in [1.807, 2.05) is 49.4 Å². The molecule has 0 aliphatic carbocycles. The van der Waals surface area contributed by atoms with E-state index in [0.717, 1.165) is 45.4 Å². The van der Waals surface area contributed by atoms with Gasteiger partial charge in [0.05, 0.1) is 5.69 Å². The molecule has 142 valence electrons. The van der Waals surface area contributed by atoms with Gasteiger partial charge < -0.3 is 5.11 Å². The maximum Gasteiger partial charge on any atom is 0.121 e. The molecule has 0 fully saturated rings. The third kappa shape index (κ3) is 2.95. The number of hydrogen-bond acceptors (Lipinski definition) is 3. The first-order valence-electron chi connectivity index (χ1n) is 9.67. The van der Waals surface area contributed by atoms with Crippen LogP contribution in [0, 0.1) is 6.92 Å². The molecule has 4 nitrogen and oxygen atoms in total. The number of hydrogen-bond donors (Lipinski definition) is 1. The average Bonchev–Trinajstić information content (AvgIpc) is 3.14. The van der Waals surface area contributed by atoms with Crippen LogP contribution in [0.5, 0.6) is 5.75 Å². The molecule has 0 radical (unpaired) electrons. The first kappa shape index (κ1) is 18.2. The first-order chi connectivity index (χ1) is 13.4. The number of fused-ring (bicyclic) bond motifs is 1. The molecular formula is C24H25N3O. The van der Waals surface area contributed by atoms with E-state index in [1.165, 1.54) is 0 Å². The van der Waals surface area contributed by atoms with Crippen LogP contribution in [0.25, 0.3) is 27.8 Å². The van der Waals surface area contributed by atoms with Gasteiger partial charge in [0.15, 0.2) is 0 Å². The number of rotatable bonds is 4. The van der Waals surface area contributed by atoms with Gasteiger partial charge in [-0.25, -0.2) is 0 Å². The molecule has 0 aliphatic rings. The highest BCUT2D eigenvalue weighted by atomic mass is 16.3. The summed E-state index contributed by atoms with van der Waals surface area (Å²) in [6.45, 7) is 8.61. The fourth-order valence-electron chi connectivity index (χ4n) is 3.80. The molecule has 1 N–H and O–H groups in total. The maximum absolute atomic E-state index is 10.8. The van der Waals surface area contributed by atoms with Gasteiger partial charge in [-0.05, 0) is 47.6 Å². The summed E-state index contributed by atoms with van der Waals surface area (Å²) in [4.78, 5) is 1.65. The number of nitrogens with zero attached hydrogens (tertiary/aromatic N) is 3. The molecule has 1 heterocycles. The van der Waals surface area contributed by atoms with Gasteiger partial charge in [0, 0.05) is 11.6 Å². The summed E-state index contributed by atoms with van der Waals surface area (Å²) in [7, 11) is 0. The van der Waals surface area contributed by atoms with Crippen LogP contribution in [0.4, 0.5) is 0 Å². The van der Waals surface area contributed by atoms with Gasteiger partial charge in [-0.3, -0.25) is 0 Å². The van der Waals surface area contributed by atoms with Crippen LogP contribution in [-0.4, -0.2) is 20.1 Å². The molecule has 0 atom stereocenters. The lowest BCUT2D eigenvalue weighted by Crippen LogP contribution is -2.20. The Morgan fingerprint density at radius 3 is 2.07 bits per heavy atom. The van der Waals surface area contributed by atoms with E-state index in [0.29, 0.717) is 0 Å². The van der Waals surface area contributed by atoms with Crippen molar-refractivity contribution in [2.24, 2.45) is 0 Å². The third-order valence-corrected chi connectivity index (χ3v) is 5.66. The molecule has 0 bridgehead atoms. The fourth-order valence-corrected chi connectivity index (χ4v) is 3.80. The fraction of sp³-hybridized carbons (Fsp3) is 0.250. The smallest absolute Gasteiger partial charge is 0.121 e. The topological polar surface area (TPSA) is 50.9 Å². The zero-order valence-electron chi connectivity index (χ0n) is 16.8. The van der Waals surface area contributed by atoms with Crippen molar-refractivity contribution in [3.8, 4) is 22.6 Å². The van der Waals surface area contributed by atoms with Gasteiger partial charge in [0.25, 0.3) is 0 Å². The first-order valence-corrected chi connectivity index (χ1v) is 9.67. The Bertz CT molecular complexity index is 1110. The summed E-state index contributed by atoms with van der Waals surface area (Å²) in [6, 6.07) is 19.9. The maximum atomic E-state index is 10.8. The quantitative estimate of drug-likeness (QED) is 0.494. The van der Waals surface area contributed by atoms with Crippen molar-refractivity contribution in [3.05, 3.63) is 71.8 Å². The van der Waals surface area contributed by atoms with Crippen LogP contribution in [0.15, 0.2) is 60.7 Å². The van der Waals surface area contributed by atoms with Gasteiger partial charge in [-0.1, -0.05) is 63.2 Å². The van der Waals surface area contributed by atoms with Crippen LogP contribution in [0.1, 0.15) is 38.3 Å². The van der Waals surface area contributed by atoms with Gasteiger partial charge in [-0.2, -0.15) is 0 Å². The number of aromatic nitrogens is 3. The molecule has 28 heavy (non-hydrogen) atoms. The van der Waals surface area contributed by atoms with E-state index < -0.39 is 0 Å². The van der Waals surface area contributed by atoms with Crippen molar-refractivity contribution >= 4 is 11.0 Å². The molecule has 0 amide bonds. The Morgan fingerprint density at radius 1 is 0.929 bits per heavy atom. The van der Waals surface area contributed by atoms with Crippen LogP contribution in [0.2, 0.25) is 0 Å². The summed E-state index contributed by atoms with van der Waals surface area (Å²) >= 11 is 0. The number of benzene rings is 3. The van der Waals surface area contributed by atoms with E-state index >= 15 is 0 Å². The summed E-state index contributed by atoms with van der Waals surface area (Å²) in [5.41, 5.74) is 6.55. The van der Waals surface area contributed by atoms with Crippen LogP contribution < -0.4 is 0 Å². The third-order valence-electron chi connectivity index (χ3n) is 5.66. The minimum Gasteiger partial charge on any atom is -0.508 e. The van der Waals surface area contributed by atoms with E-state index in [-0.39, 0.29) is 11.2 Å². The largest absolute Gasteiger partial charge is 0.508 e. The molecule has 4 rings (SSSR count). The summed E-state index contributed by atoms with van der Waals surface area (Å²) < 4.78 is 0. The Kier molecular flexibility index (Phi) is 4.42. The van der Waals surface area contributed by atoms with Crippen molar-refractivity contribution in [3.63, 3.8) is 0 Å². The zero-order chi connectivity index (χ0) is 19.9. The van der Waals surface area contributed by atoms with Crippen molar-refractivity contribution < 1.29 is 5.11 Å². The summed E-state index contributed by atoms with van der Waals surface area (Å²) in [5, 5.41) is 20.1. The summed E-state index contributed by atoms with van der Waals surface area (Å²) in [6.07, 6.45) is 0.949. The number of phenolic OH excluding ortho intramolecular Hbond substituents is 1. The van der Waals surface area contributed by atoms with Crippen LogP contribution in [-0.2, 0) is 5.41 Å². The monoisotopic (exact) mass is 371 g/mol. The van der Waals surface area contributed by atoms with E-state index in [1.54, 1.807) is 10.9 Å². The van der Waals surface area contributed by atoms with Crippen molar-refractivity contribution in [1.29, 1.82) is 0 Å². The summed E-state index contributed by atoms with van der Waals surface area (Å²) in [5.74, 6) is 0.271. The van der Waals surface area contributed by atoms with Crippen LogP contribution in [0.3, 0.4) is 0 Å². The zero-order valence-corrected chi connectivity index (χ0v) is 16.8. The molecule has 4 heteroatoms. The second-order valence-corrected chi connectivity index (χ2v) is 7.87. The number of aromatic hydroxyl groups is 1. The Labute approximate surface area is 165 Å². The molecule has 0 aliphatic heterocycles. The average molecular weight is 371 g/mol. The van der Waals surface area contributed by atoms with Crippen LogP contribution >= 0.6 is 0 Å². The molecule has 1 aromatic heterocycles. The highest BCUT2D eigenvalue weighted by Crippen LogP contribution is 2.44. The molecule has 0 saturated heterocycles. The lowest BCUT2D eigenvalue weighted by molar-refractivity contribution is 0.457. The van der Waals surface area contributed by atoms with E-state index in [9.17, 15) is 5.11 Å². The Hall–Kier alpha value is -3.14. The SMILES string of the molecule is CCC(C)(C)c1c(C)c(O)cc(-n2nc3ccccc3n2)c1-c1ccccc1. The van der Waals surface area contributed by atoms with Gasteiger partial charge >= 0.3 is 0 Å². The molecule has 0 unspecified atom stereocenters. The van der Waals surface area contributed by atoms with Crippen molar-refractivity contribution in [2.75, 3.05) is 0 Å². The molecule has 0 spiro atoms. The van der Waals surface area contributed by atoms with Crippen molar-refractivity contribution in [2.45, 2.75) is 39.5 Å². The van der Waals surface area contributed by atoms with Gasteiger partial charge in [0.1, 0.15) is 16.8 Å². The second kappa shape index (κ2) is 6.79. The molecule has 4 aromatic rings. The molecule has 3 aromatic carbocycles. The molecule has 0 saturated carbocycles. The second-order valence-electron chi connectivity index (χ2n) is 7.87. The van der Waals surface area contributed by atoms with Gasteiger partial charge in [-0.15, -0.1) is 15.0 Å². The Morgan fingerprint density at radius 2 is 1.50 bits per heavy atom.